The van der Waals surface area contributed by atoms with Crippen LogP contribution in [-0.4, -0.2) is 0 Å². The fourth-order valence-corrected chi connectivity index (χ4v) is 3.45. The quantitative estimate of drug-likeness (QED) is 0.508. The first-order valence-corrected chi connectivity index (χ1v) is 8.79. The zero-order valence-corrected chi connectivity index (χ0v) is 15.1. The highest BCUT2D eigenvalue weighted by molar-refractivity contribution is 5.43. The summed E-state index contributed by atoms with van der Waals surface area (Å²) in [5.41, 5.74) is 8.35. The van der Waals surface area contributed by atoms with E-state index < -0.39 is 0 Å². The topological polar surface area (TPSA) is 0 Å². The second kappa shape index (κ2) is 7.05. The molecule has 0 saturated heterocycles. The van der Waals surface area contributed by atoms with E-state index >= 15 is 0 Å². The Hall–Kier alpha value is -2.34. The van der Waals surface area contributed by atoms with Gasteiger partial charge in [-0.1, -0.05) is 86.6 Å². The van der Waals surface area contributed by atoms with Crippen molar-refractivity contribution in [1.82, 2.24) is 0 Å². The molecule has 0 nitrogen and oxygen atoms in total. The molecule has 3 aromatic rings. The van der Waals surface area contributed by atoms with Crippen molar-refractivity contribution in [3.05, 3.63) is 106 Å². The van der Waals surface area contributed by atoms with Gasteiger partial charge in [-0.05, 0) is 47.2 Å². The van der Waals surface area contributed by atoms with E-state index in [4.69, 9.17) is 0 Å². The third-order valence-electron chi connectivity index (χ3n) is 5.32. The van der Waals surface area contributed by atoms with Gasteiger partial charge in [0.2, 0.25) is 0 Å². The minimum absolute atomic E-state index is 0.410. The molecule has 0 saturated carbocycles. The lowest BCUT2D eigenvalue weighted by molar-refractivity contribution is 0.879. The van der Waals surface area contributed by atoms with Crippen molar-refractivity contribution < 1.29 is 0 Å². The van der Waals surface area contributed by atoms with Crippen molar-refractivity contribution in [2.75, 3.05) is 0 Å². The Kier molecular flexibility index (Phi) is 4.85. The summed E-state index contributed by atoms with van der Waals surface area (Å²) in [4.78, 5) is 0. The van der Waals surface area contributed by atoms with E-state index in [0.717, 1.165) is 0 Å². The highest BCUT2D eigenvalue weighted by Gasteiger charge is 2.14. The first kappa shape index (κ1) is 16.5. The molecule has 0 aromatic heterocycles. The molecular formula is C24H26. The summed E-state index contributed by atoms with van der Waals surface area (Å²) >= 11 is 0. The highest BCUT2D eigenvalue weighted by atomic mass is 14.2. The van der Waals surface area contributed by atoms with Crippen LogP contribution in [-0.2, 0) is 0 Å². The minimum Gasteiger partial charge on any atom is -0.0622 e. The standard InChI is InChI=1S/C24H26/c1-17-10-8-15-24(18(17)2)20(4)23-14-9-13-22(16-23)19(3)21-11-6-5-7-12-21/h5-16,19-20H,1-4H3. The van der Waals surface area contributed by atoms with Gasteiger partial charge < -0.3 is 0 Å². The van der Waals surface area contributed by atoms with Crippen molar-refractivity contribution in [2.24, 2.45) is 0 Å². The van der Waals surface area contributed by atoms with Gasteiger partial charge in [0, 0.05) is 11.8 Å². The van der Waals surface area contributed by atoms with Crippen LogP contribution in [0.1, 0.15) is 59.1 Å². The van der Waals surface area contributed by atoms with E-state index in [1.807, 2.05) is 0 Å². The van der Waals surface area contributed by atoms with Gasteiger partial charge in [-0.2, -0.15) is 0 Å². The maximum absolute atomic E-state index is 2.38. The summed E-state index contributed by atoms with van der Waals surface area (Å²) < 4.78 is 0. The molecule has 0 aliphatic rings. The van der Waals surface area contributed by atoms with Crippen LogP contribution in [0.4, 0.5) is 0 Å². The lowest BCUT2D eigenvalue weighted by atomic mass is 9.85. The molecule has 0 N–H and O–H groups in total. The van der Waals surface area contributed by atoms with Crippen molar-refractivity contribution >= 4 is 0 Å². The zero-order valence-electron chi connectivity index (χ0n) is 15.1. The molecule has 3 aromatic carbocycles. The minimum atomic E-state index is 0.410. The fourth-order valence-electron chi connectivity index (χ4n) is 3.45. The van der Waals surface area contributed by atoms with Gasteiger partial charge in [-0.3, -0.25) is 0 Å². The van der Waals surface area contributed by atoms with Crippen LogP contribution in [0.3, 0.4) is 0 Å². The molecule has 0 heterocycles. The van der Waals surface area contributed by atoms with E-state index in [1.165, 1.54) is 33.4 Å². The van der Waals surface area contributed by atoms with Crippen molar-refractivity contribution in [3.8, 4) is 0 Å². The predicted molar refractivity (Wildman–Crippen MR) is 104 cm³/mol. The summed E-state index contributed by atoms with van der Waals surface area (Å²) in [7, 11) is 0. The summed E-state index contributed by atoms with van der Waals surface area (Å²) in [5, 5.41) is 0. The number of rotatable bonds is 4. The molecule has 3 rings (SSSR count). The Morgan fingerprint density at radius 2 is 1.17 bits per heavy atom. The molecule has 0 amide bonds. The maximum Gasteiger partial charge on any atom is 0.00638 e. The third kappa shape index (κ3) is 3.28. The van der Waals surface area contributed by atoms with E-state index in [9.17, 15) is 0 Å². The number of hydrogen-bond acceptors (Lipinski definition) is 0. The van der Waals surface area contributed by atoms with Gasteiger partial charge in [0.15, 0.2) is 0 Å². The lowest BCUT2D eigenvalue weighted by Gasteiger charge is -2.19. The summed E-state index contributed by atoms with van der Waals surface area (Å²) in [5.74, 6) is 0.824. The average Bonchev–Trinajstić information content (AvgIpc) is 2.63. The van der Waals surface area contributed by atoms with Gasteiger partial charge in [0.1, 0.15) is 0 Å². The molecule has 0 heteroatoms. The Morgan fingerprint density at radius 3 is 1.88 bits per heavy atom. The smallest absolute Gasteiger partial charge is 0.00638 e. The van der Waals surface area contributed by atoms with Gasteiger partial charge >= 0.3 is 0 Å². The molecule has 0 aliphatic heterocycles. The molecule has 0 radical (unpaired) electrons. The van der Waals surface area contributed by atoms with Crippen molar-refractivity contribution in [2.45, 2.75) is 39.5 Å². The van der Waals surface area contributed by atoms with Crippen molar-refractivity contribution in [3.63, 3.8) is 0 Å². The predicted octanol–water partition coefficient (Wildman–Crippen LogP) is 6.61. The monoisotopic (exact) mass is 314 g/mol. The SMILES string of the molecule is Cc1cccc(C(C)c2cccc(C(C)c3ccccc3)c2)c1C. The molecule has 0 bridgehead atoms. The van der Waals surface area contributed by atoms with E-state index in [1.54, 1.807) is 0 Å². The summed E-state index contributed by atoms with van der Waals surface area (Å²) in [6.45, 7) is 9.03. The number of hydrogen-bond donors (Lipinski definition) is 0. The van der Waals surface area contributed by atoms with Crippen LogP contribution < -0.4 is 0 Å². The van der Waals surface area contributed by atoms with Crippen LogP contribution >= 0.6 is 0 Å². The van der Waals surface area contributed by atoms with E-state index in [-0.39, 0.29) is 0 Å². The van der Waals surface area contributed by atoms with Crippen LogP contribution in [0.25, 0.3) is 0 Å². The number of benzene rings is 3. The highest BCUT2D eigenvalue weighted by Crippen LogP contribution is 2.31. The summed E-state index contributed by atoms with van der Waals surface area (Å²) in [6, 6.07) is 26.5. The van der Waals surface area contributed by atoms with Crippen LogP contribution in [0.5, 0.6) is 0 Å². The first-order valence-electron chi connectivity index (χ1n) is 8.79. The largest absolute Gasteiger partial charge is 0.0622 e. The lowest BCUT2D eigenvalue weighted by Crippen LogP contribution is -2.02. The Labute approximate surface area is 146 Å². The maximum atomic E-state index is 2.38. The normalized spacial score (nSPS) is 13.5. The second-order valence-corrected chi connectivity index (χ2v) is 6.81. The first-order chi connectivity index (χ1) is 11.6. The van der Waals surface area contributed by atoms with Gasteiger partial charge in [0.05, 0.1) is 0 Å². The second-order valence-electron chi connectivity index (χ2n) is 6.81. The van der Waals surface area contributed by atoms with Crippen molar-refractivity contribution in [1.29, 1.82) is 0 Å². The molecule has 0 aliphatic carbocycles. The number of aryl methyl sites for hydroxylation is 1. The van der Waals surface area contributed by atoms with E-state index in [0.29, 0.717) is 11.8 Å². The van der Waals surface area contributed by atoms with Gasteiger partial charge in [0.25, 0.3) is 0 Å². The van der Waals surface area contributed by atoms with Crippen LogP contribution in [0.15, 0.2) is 72.8 Å². The van der Waals surface area contributed by atoms with Gasteiger partial charge in [-0.15, -0.1) is 0 Å². The Bertz CT molecular complexity index is 814. The van der Waals surface area contributed by atoms with Crippen LogP contribution in [0.2, 0.25) is 0 Å². The zero-order chi connectivity index (χ0) is 17.1. The molecule has 24 heavy (non-hydrogen) atoms. The molecular weight excluding hydrogens is 288 g/mol. The average molecular weight is 314 g/mol. The molecule has 2 unspecified atom stereocenters. The molecule has 0 fully saturated rings. The molecule has 0 spiro atoms. The Balaban J connectivity index is 1.94. The van der Waals surface area contributed by atoms with E-state index in [2.05, 4.69) is 100 Å². The third-order valence-corrected chi connectivity index (χ3v) is 5.32. The fraction of sp³-hybridized carbons (Fsp3) is 0.250. The Morgan fingerprint density at radius 1 is 0.583 bits per heavy atom. The van der Waals surface area contributed by atoms with Gasteiger partial charge in [-0.25, -0.2) is 0 Å². The molecule has 2 atom stereocenters. The molecule has 122 valence electrons. The summed E-state index contributed by atoms with van der Waals surface area (Å²) in [6.07, 6.45) is 0. The van der Waals surface area contributed by atoms with Crippen LogP contribution in [0, 0.1) is 13.8 Å².